The van der Waals surface area contributed by atoms with Crippen LogP contribution in [0.15, 0.2) is 24.3 Å². The highest BCUT2D eigenvalue weighted by Crippen LogP contribution is 2.11. The van der Waals surface area contributed by atoms with Crippen molar-refractivity contribution in [2.24, 2.45) is 5.92 Å². The van der Waals surface area contributed by atoms with Crippen LogP contribution in [0.25, 0.3) is 0 Å². The summed E-state index contributed by atoms with van der Waals surface area (Å²) >= 11 is 2.32. The van der Waals surface area contributed by atoms with Crippen LogP contribution in [0.4, 0.5) is 5.69 Å². The first kappa shape index (κ1) is 10.8. The maximum absolute atomic E-state index is 3.40. The predicted octanol–water partition coefficient (Wildman–Crippen LogP) is 3.75. The van der Waals surface area contributed by atoms with Crippen LogP contribution < -0.4 is 5.32 Å². The molecule has 0 atom stereocenters. The van der Waals surface area contributed by atoms with Gasteiger partial charge in [0.15, 0.2) is 0 Å². The second-order valence-corrected chi connectivity index (χ2v) is 4.86. The second-order valence-electron chi connectivity index (χ2n) is 3.62. The normalized spacial score (nSPS) is 10.5. The van der Waals surface area contributed by atoms with Crippen molar-refractivity contribution in [1.82, 2.24) is 0 Å². The first-order chi connectivity index (χ1) is 6.18. The van der Waals surface area contributed by atoms with Gasteiger partial charge in [0.1, 0.15) is 0 Å². The van der Waals surface area contributed by atoms with Crippen molar-refractivity contribution >= 4 is 28.3 Å². The molecule has 13 heavy (non-hydrogen) atoms. The van der Waals surface area contributed by atoms with Gasteiger partial charge in [0.05, 0.1) is 0 Å². The highest BCUT2D eigenvalue weighted by Gasteiger charge is 1.94. The lowest BCUT2D eigenvalue weighted by molar-refractivity contribution is 0.607. The molecule has 0 aliphatic rings. The van der Waals surface area contributed by atoms with Crippen molar-refractivity contribution in [3.05, 3.63) is 27.8 Å². The van der Waals surface area contributed by atoms with Gasteiger partial charge in [-0.15, -0.1) is 0 Å². The minimum atomic E-state index is 0.774. The lowest BCUT2D eigenvalue weighted by Crippen LogP contribution is -2.04. The van der Waals surface area contributed by atoms with E-state index in [4.69, 9.17) is 0 Å². The summed E-state index contributed by atoms with van der Waals surface area (Å²) < 4.78 is 1.28. The van der Waals surface area contributed by atoms with Crippen molar-refractivity contribution in [1.29, 1.82) is 0 Å². The lowest BCUT2D eigenvalue weighted by atomic mass is 10.1. The fourth-order valence-corrected chi connectivity index (χ4v) is 1.43. The van der Waals surface area contributed by atoms with Crippen LogP contribution in [0, 0.1) is 9.49 Å². The highest BCUT2D eigenvalue weighted by atomic mass is 127. The first-order valence-corrected chi connectivity index (χ1v) is 5.76. The maximum atomic E-state index is 3.40. The zero-order valence-corrected chi connectivity index (χ0v) is 10.3. The van der Waals surface area contributed by atoms with Gasteiger partial charge in [0.2, 0.25) is 0 Å². The Hall–Kier alpha value is -0.250. The van der Waals surface area contributed by atoms with Gasteiger partial charge in [-0.05, 0) is 59.2 Å². The summed E-state index contributed by atoms with van der Waals surface area (Å²) in [5.74, 6) is 0.774. The molecule has 1 nitrogen and oxygen atoms in total. The molecule has 0 saturated heterocycles. The molecule has 0 heterocycles. The van der Waals surface area contributed by atoms with E-state index in [-0.39, 0.29) is 0 Å². The molecule has 72 valence electrons. The van der Waals surface area contributed by atoms with Gasteiger partial charge in [0, 0.05) is 15.8 Å². The summed E-state index contributed by atoms with van der Waals surface area (Å²) in [6.07, 6.45) is 1.23. The summed E-state index contributed by atoms with van der Waals surface area (Å²) in [6, 6.07) is 8.50. The fraction of sp³-hybridized carbons (Fsp3) is 0.455. The molecule has 0 amide bonds. The highest BCUT2D eigenvalue weighted by molar-refractivity contribution is 14.1. The monoisotopic (exact) mass is 289 g/mol. The van der Waals surface area contributed by atoms with Crippen molar-refractivity contribution in [2.75, 3.05) is 11.9 Å². The van der Waals surface area contributed by atoms with E-state index in [0.29, 0.717) is 0 Å². The van der Waals surface area contributed by atoms with E-state index in [1.807, 2.05) is 0 Å². The molecule has 1 aromatic carbocycles. The zero-order valence-electron chi connectivity index (χ0n) is 8.18. The maximum Gasteiger partial charge on any atom is 0.0340 e. The van der Waals surface area contributed by atoms with Gasteiger partial charge in [0.25, 0.3) is 0 Å². The van der Waals surface area contributed by atoms with E-state index in [2.05, 4.69) is 66.0 Å². The summed E-state index contributed by atoms with van der Waals surface area (Å²) in [5.41, 5.74) is 1.22. The Kier molecular flexibility index (Phi) is 4.56. The molecule has 0 radical (unpaired) electrons. The van der Waals surface area contributed by atoms with Crippen LogP contribution in [0.1, 0.15) is 20.3 Å². The number of rotatable bonds is 4. The number of hydrogen-bond donors (Lipinski definition) is 1. The smallest absolute Gasteiger partial charge is 0.0340 e. The third-order valence-corrected chi connectivity index (χ3v) is 2.61. The van der Waals surface area contributed by atoms with Gasteiger partial charge in [-0.2, -0.15) is 0 Å². The van der Waals surface area contributed by atoms with E-state index in [0.717, 1.165) is 12.5 Å². The van der Waals surface area contributed by atoms with Gasteiger partial charge >= 0.3 is 0 Å². The van der Waals surface area contributed by atoms with E-state index in [1.54, 1.807) is 0 Å². The van der Waals surface area contributed by atoms with E-state index < -0.39 is 0 Å². The van der Waals surface area contributed by atoms with E-state index in [9.17, 15) is 0 Å². The Morgan fingerprint density at radius 1 is 1.23 bits per heavy atom. The van der Waals surface area contributed by atoms with Crippen molar-refractivity contribution < 1.29 is 0 Å². The average molecular weight is 289 g/mol. The van der Waals surface area contributed by atoms with Crippen molar-refractivity contribution in [2.45, 2.75) is 20.3 Å². The molecule has 0 aliphatic carbocycles. The van der Waals surface area contributed by atoms with Crippen molar-refractivity contribution in [3.8, 4) is 0 Å². The standard InChI is InChI=1S/C11H16IN/c1-9(2)7-8-13-11-5-3-10(12)4-6-11/h3-6,9,13H,7-8H2,1-2H3. The molecule has 1 N–H and O–H groups in total. The molecular weight excluding hydrogens is 273 g/mol. The number of nitrogens with one attached hydrogen (secondary N) is 1. The lowest BCUT2D eigenvalue weighted by Gasteiger charge is -2.07. The zero-order chi connectivity index (χ0) is 9.68. The van der Waals surface area contributed by atoms with Crippen LogP contribution in [0.5, 0.6) is 0 Å². The Morgan fingerprint density at radius 3 is 2.38 bits per heavy atom. The number of benzene rings is 1. The third-order valence-electron chi connectivity index (χ3n) is 1.90. The van der Waals surface area contributed by atoms with Crippen LogP contribution in [0.2, 0.25) is 0 Å². The number of hydrogen-bond acceptors (Lipinski definition) is 1. The molecule has 0 fully saturated rings. The quantitative estimate of drug-likeness (QED) is 0.832. The molecular formula is C11H16IN. The Bertz CT molecular complexity index is 241. The third kappa shape index (κ3) is 4.50. The van der Waals surface area contributed by atoms with E-state index in [1.165, 1.54) is 15.7 Å². The van der Waals surface area contributed by atoms with Gasteiger partial charge in [-0.3, -0.25) is 0 Å². The fourth-order valence-electron chi connectivity index (χ4n) is 1.07. The van der Waals surface area contributed by atoms with E-state index >= 15 is 0 Å². The summed E-state index contributed by atoms with van der Waals surface area (Å²) in [6.45, 7) is 5.56. The predicted molar refractivity (Wildman–Crippen MR) is 67.1 cm³/mol. The Labute approximate surface area is 94.1 Å². The molecule has 0 saturated carbocycles. The minimum Gasteiger partial charge on any atom is -0.385 e. The Morgan fingerprint density at radius 2 is 1.85 bits per heavy atom. The van der Waals surface area contributed by atoms with Gasteiger partial charge in [-0.1, -0.05) is 13.8 Å². The first-order valence-electron chi connectivity index (χ1n) is 4.68. The molecule has 1 aromatic rings. The molecule has 1 rings (SSSR count). The molecule has 0 aliphatic heterocycles. The van der Waals surface area contributed by atoms with Crippen molar-refractivity contribution in [3.63, 3.8) is 0 Å². The largest absolute Gasteiger partial charge is 0.385 e. The Balaban J connectivity index is 2.33. The van der Waals surface area contributed by atoms with Crippen LogP contribution in [-0.2, 0) is 0 Å². The summed E-state index contributed by atoms with van der Waals surface area (Å²) in [5, 5.41) is 3.40. The molecule has 0 bridgehead atoms. The van der Waals surface area contributed by atoms with Crippen LogP contribution in [0.3, 0.4) is 0 Å². The SMILES string of the molecule is CC(C)CCNc1ccc(I)cc1. The molecule has 0 aromatic heterocycles. The van der Waals surface area contributed by atoms with Crippen LogP contribution >= 0.6 is 22.6 Å². The van der Waals surface area contributed by atoms with Gasteiger partial charge < -0.3 is 5.32 Å². The number of anilines is 1. The second kappa shape index (κ2) is 5.47. The topological polar surface area (TPSA) is 12.0 Å². The van der Waals surface area contributed by atoms with Crippen LogP contribution in [-0.4, -0.2) is 6.54 Å². The number of halogens is 1. The molecule has 0 unspecified atom stereocenters. The minimum absolute atomic E-state index is 0.774. The van der Waals surface area contributed by atoms with Gasteiger partial charge in [-0.25, -0.2) is 0 Å². The molecule has 2 heteroatoms. The summed E-state index contributed by atoms with van der Waals surface area (Å²) in [7, 11) is 0. The summed E-state index contributed by atoms with van der Waals surface area (Å²) in [4.78, 5) is 0. The molecule has 0 spiro atoms. The average Bonchev–Trinajstić information content (AvgIpc) is 2.08.